The van der Waals surface area contributed by atoms with Gasteiger partial charge in [0, 0.05) is 24.4 Å². The molecule has 238 valence electrons. The molecule has 0 saturated heterocycles. The van der Waals surface area contributed by atoms with Crippen LogP contribution in [0.25, 0.3) is 27.5 Å². The molecule has 5 rings (SSSR count). The number of unbranched alkanes of at least 4 members (excludes halogenated alkanes) is 1. The first kappa shape index (κ1) is 33.0. The predicted octanol–water partition coefficient (Wildman–Crippen LogP) is 11.5. The predicted molar refractivity (Wildman–Crippen MR) is 198 cm³/mol. The molecule has 0 spiro atoms. The highest BCUT2D eigenvalue weighted by molar-refractivity contribution is 5.98. The first-order valence-corrected chi connectivity index (χ1v) is 16.9. The second-order valence-electron chi connectivity index (χ2n) is 12.9. The number of benzene rings is 4. The third-order valence-corrected chi connectivity index (χ3v) is 9.50. The van der Waals surface area contributed by atoms with Crippen LogP contribution in [-0.2, 0) is 6.42 Å². The summed E-state index contributed by atoms with van der Waals surface area (Å²) in [5.41, 5.74) is 9.49. The normalized spacial score (nSPS) is 15.3. The molecule has 4 aromatic rings. The Morgan fingerprint density at radius 1 is 0.957 bits per heavy atom. The summed E-state index contributed by atoms with van der Waals surface area (Å²) in [6.45, 7) is 19.1. The van der Waals surface area contributed by atoms with E-state index in [9.17, 15) is 0 Å². The van der Waals surface area contributed by atoms with E-state index >= 15 is 4.39 Å². The van der Waals surface area contributed by atoms with Crippen LogP contribution in [0.5, 0.6) is 0 Å². The number of hydrogen-bond acceptors (Lipinski definition) is 2. The zero-order chi connectivity index (χ0) is 32.6. The zero-order valence-corrected chi connectivity index (χ0v) is 28.1. The maximum absolute atomic E-state index is 16.1. The topological polar surface area (TPSA) is 24.1 Å². The van der Waals surface area contributed by atoms with Crippen LogP contribution in [-0.4, -0.2) is 13.1 Å². The fourth-order valence-corrected chi connectivity index (χ4v) is 6.67. The van der Waals surface area contributed by atoms with E-state index in [-0.39, 0.29) is 11.7 Å². The Kier molecular flexibility index (Phi) is 11.0. The minimum absolute atomic E-state index is 0.230. The largest absolute Gasteiger partial charge is 0.385 e. The third kappa shape index (κ3) is 7.53. The van der Waals surface area contributed by atoms with Gasteiger partial charge in [0.1, 0.15) is 5.82 Å². The highest BCUT2D eigenvalue weighted by atomic mass is 19.1. The van der Waals surface area contributed by atoms with Crippen LogP contribution in [0, 0.1) is 18.7 Å². The molecule has 1 aliphatic carbocycles. The molecule has 0 heterocycles. The fourth-order valence-electron chi connectivity index (χ4n) is 6.67. The lowest BCUT2D eigenvalue weighted by Gasteiger charge is -2.26. The van der Waals surface area contributed by atoms with Crippen molar-refractivity contribution in [1.29, 1.82) is 0 Å². The van der Waals surface area contributed by atoms with Gasteiger partial charge in [0.05, 0.1) is 5.69 Å². The van der Waals surface area contributed by atoms with Crippen molar-refractivity contribution in [1.82, 2.24) is 5.32 Å². The summed E-state index contributed by atoms with van der Waals surface area (Å²) in [7, 11) is 0. The van der Waals surface area contributed by atoms with Crippen molar-refractivity contribution in [3.63, 3.8) is 0 Å². The van der Waals surface area contributed by atoms with Crippen LogP contribution >= 0.6 is 0 Å². The molecule has 0 aliphatic heterocycles. The molecule has 0 fully saturated rings. The molecular formula is C43H49FN2. The summed E-state index contributed by atoms with van der Waals surface area (Å²) in [4.78, 5) is 0. The molecule has 0 amide bonds. The maximum atomic E-state index is 16.1. The van der Waals surface area contributed by atoms with Crippen LogP contribution in [0.15, 0.2) is 115 Å². The first-order valence-electron chi connectivity index (χ1n) is 16.9. The molecule has 0 radical (unpaired) electrons. The Balaban J connectivity index is 1.47. The van der Waals surface area contributed by atoms with Gasteiger partial charge in [0.25, 0.3) is 0 Å². The molecule has 2 N–H and O–H groups in total. The van der Waals surface area contributed by atoms with E-state index in [2.05, 4.69) is 123 Å². The van der Waals surface area contributed by atoms with Gasteiger partial charge in [-0.2, -0.15) is 0 Å². The molecule has 0 saturated carbocycles. The Morgan fingerprint density at radius 3 is 2.41 bits per heavy atom. The van der Waals surface area contributed by atoms with Gasteiger partial charge in [0.15, 0.2) is 0 Å². The summed E-state index contributed by atoms with van der Waals surface area (Å²) in [6, 6.07) is 25.1. The number of hydrogen-bond donors (Lipinski definition) is 2. The Hall–Kier alpha value is -4.37. The fraction of sp³-hybridized carbons (Fsp3) is 0.302. The smallest absolute Gasteiger partial charge is 0.147 e. The standard InChI is InChI=1S/C43H49FN2/c1-7-8-9-11-16-29(2)23-24-45-33(6)38-22-21-37-25-35-19-14-15-20-36(35)26-40(37)42-32(5)43(41(44)27-39(42)31(38)4)46-28-30(3)34-17-12-10-13-18-34/h7-8,10,12-15,17-20,22,25-27,29-30,45-46H,4,6,9,11,16,21,23-24,28H2,1-3,5H3/b8-7?,38-22+. The van der Waals surface area contributed by atoms with Crippen molar-refractivity contribution in [2.45, 2.75) is 65.7 Å². The summed E-state index contributed by atoms with van der Waals surface area (Å²) < 4.78 is 16.1. The second kappa shape index (κ2) is 15.3. The van der Waals surface area contributed by atoms with Crippen molar-refractivity contribution in [3.05, 3.63) is 144 Å². The van der Waals surface area contributed by atoms with Crippen LogP contribution in [0.4, 0.5) is 10.1 Å². The van der Waals surface area contributed by atoms with Crippen molar-refractivity contribution in [2.75, 3.05) is 18.4 Å². The lowest BCUT2D eigenvalue weighted by Crippen LogP contribution is -2.19. The Labute approximate surface area is 275 Å². The first-order chi connectivity index (χ1) is 22.3. The van der Waals surface area contributed by atoms with Gasteiger partial charge < -0.3 is 10.6 Å². The van der Waals surface area contributed by atoms with Crippen LogP contribution in [0.1, 0.15) is 74.6 Å². The van der Waals surface area contributed by atoms with Crippen molar-refractivity contribution < 1.29 is 4.39 Å². The third-order valence-electron chi connectivity index (χ3n) is 9.50. The molecule has 1 aliphatic rings. The van der Waals surface area contributed by atoms with E-state index in [1.165, 1.54) is 34.7 Å². The molecule has 0 aromatic heterocycles. The summed E-state index contributed by atoms with van der Waals surface area (Å²) in [6.07, 6.45) is 12.0. The molecule has 2 atom stereocenters. The lowest BCUT2D eigenvalue weighted by molar-refractivity contribution is 0.469. The SMILES string of the molecule is C=C(NCCC(C)CCCC=CC)/C1=C/Cc2cc3ccccc3cc2-c2c(cc(F)c(NCC(C)c3ccccc3)c2C)C1=C. The molecule has 4 aromatic carbocycles. The van der Waals surface area contributed by atoms with Gasteiger partial charge in [-0.1, -0.05) is 112 Å². The van der Waals surface area contributed by atoms with Gasteiger partial charge in [-0.15, -0.1) is 0 Å². The van der Waals surface area contributed by atoms with E-state index in [0.717, 1.165) is 64.9 Å². The number of halogens is 1. The van der Waals surface area contributed by atoms with Crippen molar-refractivity contribution in [3.8, 4) is 11.1 Å². The Morgan fingerprint density at radius 2 is 1.67 bits per heavy atom. The van der Waals surface area contributed by atoms with Gasteiger partial charge in [-0.05, 0) is 113 Å². The molecule has 46 heavy (non-hydrogen) atoms. The highest BCUT2D eigenvalue weighted by Crippen LogP contribution is 2.44. The number of anilines is 1. The highest BCUT2D eigenvalue weighted by Gasteiger charge is 2.25. The minimum atomic E-state index is -0.259. The van der Waals surface area contributed by atoms with Crippen molar-refractivity contribution in [2.24, 2.45) is 5.92 Å². The van der Waals surface area contributed by atoms with Gasteiger partial charge in [-0.25, -0.2) is 4.39 Å². The van der Waals surface area contributed by atoms with Crippen LogP contribution in [0.3, 0.4) is 0 Å². The van der Waals surface area contributed by atoms with Crippen LogP contribution in [0.2, 0.25) is 0 Å². The molecule has 2 unspecified atom stereocenters. The number of nitrogens with one attached hydrogen (secondary N) is 2. The minimum Gasteiger partial charge on any atom is -0.385 e. The Bertz CT molecular complexity index is 1760. The summed E-state index contributed by atoms with van der Waals surface area (Å²) in [5, 5.41) is 9.45. The monoisotopic (exact) mass is 612 g/mol. The molecule has 2 nitrogen and oxygen atoms in total. The number of rotatable bonds is 13. The summed E-state index contributed by atoms with van der Waals surface area (Å²) >= 11 is 0. The summed E-state index contributed by atoms with van der Waals surface area (Å²) in [5.74, 6) is 0.603. The zero-order valence-electron chi connectivity index (χ0n) is 28.1. The van der Waals surface area contributed by atoms with E-state index in [4.69, 9.17) is 0 Å². The maximum Gasteiger partial charge on any atom is 0.147 e. The average molecular weight is 613 g/mol. The molecule has 3 heteroatoms. The lowest BCUT2D eigenvalue weighted by atomic mass is 9.81. The van der Waals surface area contributed by atoms with Gasteiger partial charge in [0.2, 0.25) is 0 Å². The van der Waals surface area contributed by atoms with E-state index < -0.39 is 0 Å². The van der Waals surface area contributed by atoms with Crippen LogP contribution < -0.4 is 10.6 Å². The van der Waals surface area contributed by atoms with E-state index in [1.807, 2.05) is 13.0 Å². The molecular weight excluding hydrogens is 563 g/mol. The van der Waals surface area contributed by atoms with Gasteiger partial charge in [-0.3, -0.25) is 0 Å². The second-order valence-corrected chi connectivity index (χ2v) is 12.9. The average Bonchev–Trinajstić information content (AvgIpc) is 3.05. The van der Waals surface area contributed by atoms with Gasteiger partial charge >= 0.3 is 0 Å². The van der Waals surface area contributed by atoms with E-state index in [0.29, 0.717) is 18.2 Å². The van der Waals surface area contributed by atoms with E-state index in [1.54, 1.807) is 6.07 Å². The molecule has 0 bridgehead atoms. The quantitative estimate of drug-likeness (QED) is 0.116. The number of allylic oxidation sites excluding steroid dienone is 4. The number of fused-ring (bicyclic) bond motifs is 4. The van der Waals surface area contributed by atoms with Crippen molar-refractivity contribution >= 4 is 22.0 Å².